The lowest BCUT2D eigenvalue weighted by Gasteiger charge is -2.18. The zero-order chi connectivity index (χ0) is 17.0. The van der Waals surface area contributed by atoms with Gasteiger partial charge in [-0.05, 0) is 25.3 Å². The number of rotatable bonds is 7. The number of hydrogen-bond donors (Lipinski definition) is 0. The molecule has 6 heteroatoms. The first kappa shape index (κ1) is 17.6. The van der Waals surface area contributed by atoms with Crippen molar-refractivity contribution in [1.82, 2.24) is 0 Å². The highest BCUT2D eigenvalue weighted by molar-refractivity contribution is 7.85. The Morgan fingerprint density at radius 2 is 1.57 bits per heavy atom. The van der Waals surface area contributed by atoms with E-state index in [1.165, 1.54) is 0 Å². The van der Waals surface area contributed by atoms with Crippen LogP contribution in [-0.2, 0) is 20.7 Å². The highest BCUT2D eigenvalue weighted by Crippen LogP contribution is 2.40. The molecule has 0 unspecified atom stereocenters. The summed E-state index contributed by atoms with van der Waals surface area (Å²) >= 11 is 0. The van der Waals surface area contributed by atoms with Gasteiger partial charge in [0.15, 0.2) is 0 Å². The summed E-state index contributed by atoms with van der Waals surface area (Å²) in [5, 5.41) is 1.98. The fourth-order valence-electron chi connectivity index (χ4n) is 2.81. The number of methoxy groups -OCH3 is 2. The molecule has 0 aromatic heterocycles. The fourth-order valence-corrected chi connectivity index (χ4v) is 3.23. The molecule has 2 aromatic carbocycles. The van der Waals surface area contributed by atoms with E-state index in [9.17, 15) is 8.42 Å². The van der Waals surface area contributed by atoms with Crippen molar-refractivity contribution in [3.05, 3.63) is 35.4 Å². The largest absolute Gasteiger partial charge is 0.496 e. The Morgan fingerprint density at radius 3 is 2.09 bits per heavy atom. The van der Waals surface area contributed by atoms with Crippen molar-refractivity contribution in [2.24, 2.45) is 0 Å². The predicted molar refractivity (Wildman–Crippen MR) is 90.9 cm³/mol. The van der Waals surface area contributed by atoms with Crippen LogP contribution in [0, 0.1) is 6.92 Å². The Balaban J connectivity index is 2.40. The van der Waals surface area contributed by atoms with Crippen LogP contribution in [0.3, 0.4) is 0 Å². The van der Waals surface area contributed by atoms with Crippen molar-refractivity contribution in [2.75, 3.05) is 27.1 Å². The maximum atomic E-state index is 11.0. The Kier molecular flexibility index (Phi) is 5.49. The Labute approximate surface area is 137 Å². The van der Waals surface area contributed by atoms with Crippen molar-refractivity contribution in [3.8, 4) is 11.5 Å². The maximum absolute atomic E-state index is 11.0. The van der Waals surface area contributed by atoms with Crippen LogP contribution in [0.15, 0.2) is 24.3 Å². The van der Waals surface area contributed by atoms with E-state index < -0.39 is 10.1 Å². The molecule has 0 saturated carbocycles. The zero-order valence-electron chi connectivity index (χ0n) is 13.9. The van der Waals surface area contributed by atoms with Crippen molar-refractivity contribution in [2.45, 2.75) is 19.8 Å². The average Bonchev–Trinajstić information content (AvgIpc) is 2.50. The topological polar surface area (TPSA) is 61.8 Å². The van der Waals surface area contributed by atoms with E-state index in [-0.39, 0.29) is 6.61 Å². The van der Waals surface area contributed by atoms with Gasteiger partial charge in [0.25, 0.3) is 10.1 Å². The van der Waals surface area contributed by atoms with Gasteiger partial charge in [0.05, 0.1) is 27.1 Å². The smallest absolute Gasteiger partial charge is 0.264 e. The summed E-state index contributed by atoms with van der Waals surface area (Å²) in [7, 11) is -0.114. The SMILES string of the molecule is COc1c(C)c(CCCOS(C)(=O)=O)c(OC)c2ccccc12. The molecule has 0 heterocycles. The highest BCUT2D eigenvalue weighted by atomic mass is 32.2. The van der Waals surface area contributed by atoms with Crippen LogP contribution in [0.5, 0.6) is 11.5 Å². The zero-order valence-corrected chi connectivity index (χ0v) is 14.7. The molecule has 2 rings (SSSR count). The Bertz CT molecular complexity index is 796. The summed E-state index contributed by atoms with van der Waals surface area (Å²) in [5.74, 6) is 1.62. The van der Waals surface area contributed by atoms with Gasteiger partial charge in [-0.2, -0.15) is 8.42 Å². The van der Waals surface area contributed by atoms with Crippen molar-refractivity contribution in [3.63, 3.8) is 0 Å². The van der Waals surface area contributed by atoms with Crippen LogP contribution in [-0.4, -0.2) is 35.5 Å². The second kappa shape index (κ2) is 7.19. The van der Waals surface area contributed by atoms with Gasteiger partial charge in [-0.15, -0.1) is 0 Å². The first-order chi connectivity index (χ1) is 10.9. The van der Waals surface area contributed by atoms with Crippen LogP contribution >= 0.6 is 0 Å². The van der Waals surface area contributed by atoms with Crippen LogP contribution < -0.4 is 9.47 Å². The van der Waals surface area contributed by atoms with Crippen LogP contribution in [0.4, 0.5) is 0 Å². The lowest BCUT2D eigenvalue weighted by Crippen LogP contribution is -2.06. The summed E-state index contributed by atoms with van der Waals surface area (Å²) in [6.07, 6.45) is 2.27. The van der Waals surface area contributed by atoms with Crippen molar-refractivity contribution < 1.29 is 22.1 Å². The summed E-state index contributed by atoms with van der Waals surface area (Å²) in [6, 6.07) is 7.91. The van der Waals surface area contributed by atoms with Crippen molar-refractivity contribution in [1.29, 1.82) is 0 Å². The van der Waals surface area contributed by atoms with E-state index in [1.54, 1.807) is 14.2 Å². The quantitative estimate of drug-likeness (QED) is 0.573. The lowest BCUT2D eigenvalue weighted by atomic mass is 9.95. The van der Waals surface area contributed by atoms with Gasteiger partial charge in [0.2, 0.25) is 0 Å². The molecule has 0 aliphatic rings. The first-order valence-corrected chi connectivity index (χ1v) is 9.17. The minimum Gasteiger partial charge on any atom is -0.496 e. The standard InChI is InChI=1S/C17H22O5S/c1-12-13(10-7-11-22-23(4,18)19)17(21-3)15-9-6-5-8-14(15)16(12)20-2/h5-6,8-9H,7,10-11H2,1-4H3. The molecular weight excluding hydrogens is 316 g/mol. The molecule has 23 heavy (non-hydrogen) atoms. The monoisotopic (exact) mass is 338 g/mol. The van der Waals surface area contributed by atoms with E-state index in [1.807, 2.05) is 31.2 Å². The van der Waals surface area contributed by atoms with Gasteiger partial charge in [0.1, 0.15) is 11.5 Å². The summed E-state index contributed by atoms with van der Waals surface area (Å²) in [5.41, 5.74) is 2.02. The molecule has 0 saturated heterocycles. The highest BCUT2D eigenvalue weighted by Gasteiger charge is 2.17. The molecular formula is C17H22O5S. The average molecular weight is 338 g/mol. The van der Waals surface area contributed by atoms with E-state index in [0.717, 1.165) is 39.7 Å². The van der Waals surface area contributed by atoms with E-state index in [4.69, 9.17) is 13.7 Å². The molecule has 126 valence electrons. The van der Waals surface area contributed by atoms with Gasteiger partial charge in [0, 0.05) is 16.3 Å². The second-order valence-corrected chi connectivity index (χ2v) is 6.99. The third-order valence-electron chi connectivity index (χ3n) is 3.76. The van der Waals surface area contributed by atoms with Crippen molar-refractivity contribution >= 4 is 20.9 Å². The van der Waals surface area contributed by atoms with E-state index in [2.05, 4.69) is 0 Å². The summed E-state index contributed by atoms with van der Waals surface area (Å²) in [6.45, 7) is 2.14. The number of benzene rings is 2. The van der Waals surface area contributed by atoms with Gasteiger partial charge >= 0.3 is 0 Å². The van der Waals surface area contributed by atoms with Gasteiger partial charge < -0.3 is 9.47 Å². The fraction of sp³-hybridized carbons (Fsp3) is 0.412. The maximum Gasteiger partial charge on any atom is 0.264 e. The molecule has 0 bridgehead atoms. The molecule has 0 amide bonds. The molecule has 0 atom stereocenters. The molecule has 2 aromatic rings. The van der Waals surface area contributed by atoms with Gasteiger partial charge in [-0.25, -0.2) is 0 Å². The molecule has 0 N–H and O–H groups in total. The Hall–Kier alpha value is -1.79. The number of fused-ring (bicyclic) bond motifs is 1. The second-order valence-electron chi connectivity index (χ2n) is 5.35. The molecule has 0 aliphatic heterocycles. The number of ether oxygens (including phenoxy) is 2. The Morgan fingerprint density at radius 1 is 1.00 bits per heavy atom. The lowest BCUT2D eigenvalue weighted by molar-refractivity contribution is 0.314. The van der Waals surface area contributed by atoms with Crippen LogP contribution in [0.2, 0.25) is 0 Å². The molecule has 5 nitrogen and oxygen atoms in total. The third kappa shape index (κ3) is 3.95. The third-order valence-corrected chi connectivity index (χ3v) is 4.36. The minimum absolute atomic E-state index is 0.149. The van der Waals surface area contributed by atoms with Gasteiger partial charge in [-0.3, -0.25) is 4.18 Å². The summed E-state index contributed by atoms with van der Waals surface area (Å²) < 4.78 is 38.1. The normalized spacial score (nSPS) is 11.7. The van der Waals surface area contributed by atoms with Crippen LogP contribution in [0.25, 0.3) is 10.8 Å². The molecule has 0 radical (unpaired) electrons. The number of hydrogen-bond acceptors (Lipinski definition) is 5. The van der Waals surface area contributed by atoms with E-state index >= 15 is 0 Å². The first-order valence-electron chi connectivity index (χ1n) is 7.35. The van der Waals surface area contributed by atoms with Crippen LogP contribution in [0.1, 0.15) is 17.5 Å². The molecule has 0 spiro atoms. The van der Waals surface area contributed by atoms with E-state index in [0.29, 0.717) is 12.8 Å². The molecule has 0 aliphatic carbocycles. The molecule has 0 fully saturated rings. The predicted octanol–water partition coefficient (Wildman–Crippen LogP) is 3.07. The summed E-state index contributed by atoms with van der Waals surface area (Å²) in [4.78, 5) is 0. The minimum atomic E-state index is -3.41. The van der Waals surface area contributed by atoms with Gasteiger partial charge in [-0.1, -0.05) is 24.3 Å².